The van der Waals surface area contributed by atoms with E-state index in [2.05, 4.69) is 12.1 Å². The van der Waals surface area contributed by atoms with E-state index in [4.69, 9.17) is 20.4 Å². The average molecular weight is 286 g/mol. The van der Waals surface area contributed by atoms with Gasteiger partial charge < -0.3 is 20.4 Å². The van der Waals surface area contributed by atoms with Gasteiger partial charge in [0.05, 0.1) is 12.7 Å². The second-order valence-electron chi connectivity index (χ2n) is 4.41. The minimum Gasteiger partial charge on any atom is -0.497 e. The van der Waals surface area contributed by atoms with Crippen molar-refractivity contribution in [2.45, 2.75) is 13.3 Å². The van der Waals surface area contributed by atoms with Crippen LogP contribution in [0.2, 0.25) is 0 Å². The van der Waals surface area contributed by atoms with Gasteiger partial charge in [0, 0.05) is 6.07 Å². The predicted octanol–water partition coefficient (Wildman–Crippen LogP) is 3.14. The zero-order valence-corrected chi connectivity index (χ0v) is 12.0. The van der Waals surface area contributed by atoms with Crippen LogP contribution in [0.3, 0.4) is 0 Å². The van der Waals surface area contributed by atoms with E-state index in [-0.39, 0.29) is 5.84 Å². The number of ether oxygens (including phenoxy) is 2. The molecule has 0 amide bonds. The summed E-state index contributed by atoms with van der Waals surface area (Å²) in [6, 6.07) is 12.9. The number of para-hydroxylation sites is 1. The molecule has 0 bridgehead atoms. The number of nitrogens with two attached hydrogens (primary N) is 1. The van der Waals surface area contributed by atoms with Crippen LogP contribution in [-0.2, 0) is 6.42 Å². The first-order valence-electron chi connectivity index (χ1n) is 6.61. The van der Waals surface area contributed by atoms with E-state index in [1.807, 2.05) is 24.3 Å². The van der Waals surface area contributed by atoms with Crippen molar-refractivity contribution in [2.75, 3.05) is 7.11 Å². The molecule has 0 fully saturated rings. The van der Waals surface area contributed by atoms with Gasteiger partial charge in [-0.2, -0.15) is 0 Å². The summed E-state index contributed by atoms with van der Waals surface area (Å²) in [7, 11) is 1.57. The Kier molecular flexibility index (Phi) is 4.66. The van der Waals surface area contributed by atoms with Gasteiger partial charge in [-0.3, -0.25) is 0 Å². The molecular weight excluding hydrogens is 268 g/mol. The van der Waals surface area contributed by atoms with Gasteiger partial charge >= 0.3 is 0 Å². The smallest absolute Gasteiger partial charge is 0.173 e. The van der Waals surface area contributed by atoms with Crippen molar-refractivity contribution in [3.8, 4) is 17.2 Å². The molecular formula is C16H18N2O3. The van der Waals surface area contributed by atoms with Crippen molar-refractivity contribution in [1.29, 1.82) is 0 Å². The molecule has 0 aliphatic carbocycles. The Labute approximate surface area is 123 Å². The first kappa shape index (κ1) is 14.7. The Morgan fingerprint density at radius 3 is 2.62 bits per heavy atom. The van der Waals surface area contributed by atoms with Crippen molar-refractivity contribution in [3.63, 3.8) is 0 Å². The van der Waals surface area contributed by atoms with Crippen molar-refractivity contribution in [3.05, 3.63) is 53.6 Å². The third-order valence-electron chi connectivity index (χ3n) is 3.15. The van der Waals surface area contributed by atoms with Gasteiger partial charge in [-0.25, -0.2) is 0 Å². The third-order valence-corrected chi connectivity index (χ3v) is 3.15. The van der Waals surface area contributed by atoms with E-state index >= 15 is 0 Å². The molecule has 0 unspecified atom stereocenters. The topological polar surface area (TPSA) is 77.1 Å². The number of rotatable bonds is 5. The second kappa shape index (κ2) is 6.65. The molecule has 0 atom stereocenters. The molecule has 110 valence electrons. The fourth-order valence-electron chi connectivity index (χ4n) is 1.99. The Morgan fingerprint density at radius 1 is 1.19 bits per heavy atom. The third kappa shape index (κ3) is 3.25. The number of hydrogen-bond donors (Lipinski definition) is 2. The minimum atomic E-state index is -0.0124. The van der Waals surface area contributed by atoms with Crippen molar-refractivity contribution in [2.24, 2.45) is 10.9 Å². The lowest BCUT2D eigenvalue weighted by molar-refractivity contribution is 0.318. The zero-order valence-electron chi connectivity index (χ0n) is 12.0. The van der Waals surface area contributed by atoms with Crippen LogP contribution in [0.4, 0.5) is 0 Å². The standard InChI is InChI=1S/C16H18N2O3/c1-3-11-6-4-5-7-14(11)21-15-10-12(20-2)8-9-13(15)16(17)18-19/h4-10,19H,3H2,1-2H3,(H2,17,18). The van der Waals surface area contributed by atoms with Crippen LogP contribution < -0.4 is 15.2 Å². The highest BCUT2D eigenvalue weighted by atomic mass is 16.5. The van der Waals surface area contributed by atoms with Crippen LogP contribution in [0.25, 0.3) is 0 Å². The van der Waals surface area contributed by atoms with Gasteiger partial charge in [-0.05, 0) is 30.2 Å². The van der Waals surface area contributed by atoms with E-state index in [9.17, 15) is 0 Å². The molecule has 2 aromatic carbocycles. The number of benzene rings is 2. The number of methoxy groups -OCH3 is 1. The molecule has 0 aromatic heterocycles. The molecule has 2 rings (SSSR count). The van der Waals surface area contributed by atoms with Gasteiger partial charge in [0.15, 0.2) is 5.84 Å². The summed E-state index contributed by atoms with van der Waals surface area (Å²) >= 11 is 0. The quantitative estimate of drug-likeness (QED) is 0.383. The van der Waals surface area contributed by atoms with E-state index in [1.54, 1.807) is 25.3 Å². The summed E-state index contributed by atoms with van der Waals surface area (Å²) in [4.78, 5) is 0. The maximum absolute atomic E-state index is 8.88. The van der Waals surface area contributed by atoms with Gasteiger partial charge in [-0.15, -0.1) is 0 Å². The van der Waals surface area contributed by atoms with Gasteiger partial charge in [0.25, 0.3) is 0 Å². The highest BCUT2D eigenvalue weighted by Crippen LogP contribution is 2.31. The van der Waals surface area contributed by atoms with Gasteiger partial charge in [0.2, 0.25) is 0 Å². The van der Waals surface area contributed by atoms with E-state index in [0.717, 1.165) is 17.7 Å². The Hall–Kier alpha value is -2.69. The largest absolute Gasteiger partial charge is 0.497 e. The van der Waals surface area contributed by atoms with Crippen LogP contribution >= 0.6 is 0 Å². The molecule has 0 heterocycles. The Bertz CT molecular complexity index is 654. The second-order valence-corrected chi connectivity index (χ2v) is 4.41. The number of oxime groups is 1. The summed E-state index contributed by atoms with van der Waals surface area (Å²) < 4.78 is 11.1. The monoisotopic (exact) mass is 286 g/mol. The molecule has 0 saturated carbocycles. The minimum absolute atomic E-state index is 0.0124. The van der Waals surface area contributed by atoms with Gasteiger partial charge in [0.1, 0.15) is 17.2 Å². The summed E-state index contributed by atoms with van der Waals surface area (Å²) in [6.45, 7) is 2.05. The lowest BCUT2D eigenvalue weighted by Gasteiger charge is -2.14. The Morgan fingerprint density at radius 2 is 1.95 bits per heavy atom. The first-order chi connectivity index (χ1) is 10.2. The fourth-order valence-corrected chi connectivity index (χ4v) is 1.99. The molecule has 0 aliphatic rings. The molecule has 5 nitrogen and oxygen atoms in total. The van der Waals surface area contributed by atoms with Crippen LogP contribution in [0.5, 0.6) is 17.2 Å². The van der Waals surface area contributed by atoms with Crippen LogP contribution in [0.1, 0.15) is 18.1 Å². The van der Waals surface area contributed by atoms with Crippen LogP contribution in [-0.4, -0.2) is 18.2 Å². The SMILES string of the molecule is CCc1ccccc1Oc1cc(OC)ccc1/C(N)=N/O. The van der Waals surface area contributed by atoms with Gasteiger partial charge in [-0.1, -0.05) is 30.3 Å². The highest BCUT2D eigenvalue weighted by molar-refractivity contribution is 5.99. The normalized spacial score (nSPS) is 11.2. The molecule has 5 heteroatoms. The van der Waals surface area contributed by atoms with E-state index in [0.29, 0.717) is 17.1 Å². The number of nitrogens with zero attached hydrogens (tertiary/aromatic N) is 1. The lowest BCUT2D eigenvalue weighted by Crippen LogP contribution is -2.14. The Balaban J connectivity index is 2.46. The maximum Gasteiger partial charge on any atom is 0.173 e. The first-order valence-corrected chi connectivity index (χ1v) is 6.61. The molecule has 0 radical (unpaired) electrons. The zero-order chi connectivity index (χ0) is 15.2. The summed E-state index contributed by atoms with van der Waals surface area (Å²) in [6.07, 6.45) is 0.846. The van der Waals surface area contributed by atoms with Crippen molar-refractivity contribution in [1.82, 2.24) is 0 Å². The van der Waals surface area contributed by atoms with E-state index in [1.165, 1.54) is 0 Å². The van der Waals surface area contributed by atoms with Crippen molar-refractivity contribution < 1.29 is 14.7 Å². The summed E-state index contributed by atoms with van der Waals surface area (Å²) in [5, 5.41) is 11.9. The van der Waals surface area contributed by atoms with E-state index < -0.39 is 0 Å². The number of hydrogen-bond acceptors (Lipinski definition) is 4. The van der Waals surface area contributed by atoms with Crippen molar-refractivity contribution >= 4 is 5.84 Å². The lowest BCUT2D eigenvalue weighted by atomic mass is 10.1. The molecule has 0 saturated heterocycles. The summed E-state index contributed by atoms with van der Waals surface area (Å²) in [5.41, 5.74) is 7.27. The van der Waals surface area contributed by atoms with Crippen LogP contribution in [0, 0.1) is 0 Å². The number of aryl methyl sites for hydroxylation is 1. The molecule has 2 aromatic rings. The predicted molar refractivity (Wildman–Crippen MR) is 81.4 cm³/mol. The maximum atomic E-state index is 8.88. The van der Waals surface area contributed by atoms with Crippen LogP contribution in [0.15, 0.2) is 47.6 Å². The molecule has 0 aliphatic heterocycles. The highest BCUT2D eigenvalue weighted by Gasteiger charge is 2.12. The summed E-state index contributed by atoms with van der Waals surface area (Å²) in [5.74, 6) is 1.83. The molecule has 0 spiro atoms. The fraction of sp³-hybridized carbons (Fsp3) is 0.188. The average Bonchev–Trinajstić information content (AvgIpc) is 2.54. The molecule has 3 N–H and O–H groups in total. The molecule has 21 heavy (non-hydrogen) atoms. The number of amidine groups is 1.